The summed E-state index contributed by atoms with van der Waals surface area (Å²) in [6, 6.07) is 12.8. The molecule has 0 radical (unpaired) electrons. The highest BCUT2D eigenvalue weighted by atomic mass is 32.2. The number of rotatable bonds is 6. The van der Waals surface area contributed by atoms with E-state index in [2.05, 4.69) is 9.82 Å². The first-order valence-electron chi connectivity index (χ1n) is 6.67. The molecule has 22 heavy (non-hydrogen) atoms. The van der Waals surface area contributed by atoms with Gasteiger partial charge in [-0.25, -0.2) is 13.1 Å². The Balaban J connectivity index is 2.15. The number of nitriles is 1. The van der Waals surface area contributed by atoms with Crippen molar-refractivity contribution in [1.29, 1.82) is 5.26 Å². The first-order valence-corrected chi connectivity index (χ1v) is 8.22. The van der Waals surface area contributed by atoms with E-state index in [-0.39, 0.29) is 6.42 Å². The third-order valence-electron chi connectivity index (χ3n) is 2.82. The van der Waals surface area contributed by atoms with Gasteiger partial charge in [0, 0.05) is 6.07 Å². The molecule has 2 rings (SSSR count). The largest absolute Gasteiger partial charge is 0.264 e. The molecule has 1 N–H and O–H groups in total. The quantitative estimate of drug-likeness (QED) is 0.887. The van der Waals surface area contributed by atoms with Crippen LogP contribution < -0.4 is 4.72 Å². The molecule has 0 aliphatic heterocycles. The summed E-state index contributed by atoms with van der Waals surface area (Å²) in [5.41, 5.74) is 1.48. The number of anilines is 1. The van der Waals surface area contributed by atoms with E-state index >= 15 is 0 Å². The monoisotopic (exact) mass is 316 g/mol. The lowest BCUT2D eigenvalue weighted by Gasteiger charge is -2.06. The molecule has 1 heterocycles. The normalized spacial score (nSPS) is 11.5. The molecule has 0 saturated heterocycles. The van der Waals surface area contributed by atoms with Crippen molar-refractivity contribution in [2.75, 3.05) is 4.72 Å². The molecular weight excluding hydrogens is 300 g/mol. The molecule has 0 aliphatic carbocycles. The van der Waals surface area contributed by atoms with Crippen molar-refractivity contribution >= 4 is 21.9 Å². The predicted molar refractivity (Wildman–Crippen MR) is 85.2 cm³/mol. The van der Waals surface area contributed by atoms with Gasteiger partial charge in [-0.15, -0.1) is 0 Å². The second-order valence-corrected chi connectivity index (χ2v) is 6.23. The molecule has 114 valence electrons. The summed E-state index contributed by atoms with van der Waals surface area (Å²) in [6.45, 7) is 2.10. The van der Waals surface area contributed by atoms with E-state index in [0.717, 1.165) is 11.0 Å². The number of aryl methyl sites for hydroxylation is 2. The maximum Gasteiger partial charge on any atom is 0.256 e. The van der Waals surface area contributed by atoms with Crippen molar-refractivity contribution in [3.63, 3.8) is 0 Å². The third-order valence-corrected chi connectivity index (χ3v) is 3.81. The predicted octanol–water partition coefficient (Wildman–Crippen LogP) is 2.52. The van der Waals surface area contributed by atoms with Crippen LogP contribution in [0.2, 0.25) is 0 Å². The zero-order valence-corrected chi connectivity index (χ0v) is 12.9. The fourth-order valence-electron chi connectivity index (χ4n) is 1.87. The highest BCUT2D eigenvalue weighted by Gasteiger charge is 2.11. The van der Waals surface area contributed by atoms with E-state index in [1.807, 2.05) is 36.4 Å². The molecule has 7 heteroatoms. The number of aromatic nitrogens is 2. The van der Waals surface area contributed by atoms with Crippen molar-refractivity contribution in [2.24, 2.45) is 0 Å². The van der Waals surface area contributed by atoms with Gasteiger partial charge < -0.3 is 0 Å². The lowest BCUT2D eigenvalue weighted by atomic mass is 10.2. The van der Waals surface area contributed by atoms with E-state index in [1.165, 1.54) is 10.8 Å². The molecule has 0 bridgehead atoms. The molecule has 6 nitrogen and oxygen atoms in total. The highest BCUT2D eigenvalue weighted by molar-refractivity contribution is 7.95. The molecule has 2 aromatic rings. The van der Waals surface area contributed by atoms with Crippen LogP contribution in [0.1, 0.15) is 17.7 Å². The van der Waals surface area contributed by atoms with Crippen LogP contribution in [0, 0.1) is 18.3 Å². The highest BCUT2D eigenvalue weighted by Crippen LogP contribution is 2.14. The summed E-state index contributed by atoms with van der Waals surface area (Å²) < 4.78 is 28.2. The molecule has 0 spiro atoms. The minimum absolute atomic E-state index is 0.260. The zero-order valence-electron chi connectivity index (χ0n) is 12.1. The number of hydrogen-bond donors (Lipinski definition) is 1. The van der Waals surface area contributed by atoms with Gasteiger partial charge in [0.1, 0.15) is 5.82 Å². The maximum absolute atomic E-state index is 12.1. The number of nitrogens with zero attached hydrogens (tertiary/aromatic N) is 3. The second-order valence-electron chi connectivity index (χ2n) is 4.66. The van der Waals surface area contributed by atoms with Gasteiger partial charge in [0.25, 0.3) is 10.0 Å². The third kappa shape index (κ3) is 4.46. The van der Waals surface area contributed by atoms with Crippen LogP contribution in [0.25, 0.3) is 6.08 Å². The lowest BCUT2D eigenvalue weighted by Crippen LogP contribution is -2.13. The number of nitrogens with one attached hydrogen (secondary N) is 1. The lowest BCUT2D eigenvalue weighted by molar-refractivity contribution is 0.604. The van der Waals surface area contributed by atoms with Gasteiger partial charge in [0.15, 0.2) is 0 Å². The van der Waals surface area contributed by atoms with Gasteiger partial charge in [-0.1, -0.05) is 30.3 Å². The van der Waals surface area contributed by atoms with Crippen LogP contribution in [0.4, 0.5) is 5.82 Å². The summed E-state index contributed by atoms with van der Waals surface area (Å²) >= 11 is 0. The van der Waals surface area contributed by atoms with Crippen LogP contribution >= 0.6 is 0 Å². The van der Waals surface area contributed by atoms with Crippen molar-refractivity contribution < 1.29 is 8.42 Å². The molecule has 0 fully saturated rings. The number of hydrogen-bond acceptors (Lipinski definition) is 4. The Kier molecular flexibility index (Phi) is 4.96. The van der Waals surface area contributed by atoms with Gasteiger partial charge >= 0.3 is 0 Å². The smallest absolute Gasteiger partial charge is 0.256 e. The Morgan fingerprint density at radius 2 is 2.09 bits per heavy atom. The Morgan fingerprint density at radius 3 is 2.77 bits per heavy atom. The Bertz CT molecular complexity index is 802. The Morgan fingerprint density at radius 1 is 1.36 bits per heavy atom. The Labute approximate surface area is 129 Å². The minimum Gasteiger partial charge on any atom is -0.264 e. The average molecular weight is 316 g/mol. The van der Waals surface area contributed by atoms with Crippen molar-refractivity contribution in [3.8, 4) is 6.07 Å². The second kappa shape index (κ2) is 6.91. The van der Waals surface area contributed by atoms with Crippen LogP contribution in [-0.2, 0) is 16.6 Å². The van der Waals surface area contributed by atoms with Crippen molar-refractivity contribution in [3.05, 3.63) is 53.1 Å². The average Bonchev–Trinajstić information content (AvgIpc) is 2.83. The van der Waals surface area contributed by atoms with Gasteiger partial charge in [-0.05, 0) is 18.6 Å². The topological polar surface area (TPSA) is 87.8 Å². The van der Waals surface area contributed by atoms with Gasteiger partial charge in [-0.3, -0.25) is 4.72 Å². The molecular formula is C15H16N4O2S. The zero-order chi connectivity index (χ0) is 16.0. The van der Waals surface area contributed by atoms with E-state index in [9.17, 15) is 8.42 Å². The molecule has 0 atom stereocenters. The maximum atomic E-state index is 12.1. The van der Waals surface area contributed by atoms with Crippen LogP contribution in [-0.4, -0.2) is 18.2 Å². The molecule has 1 aromatic heterocycles. The number of sulfonamides is 1. The van der Waals surface area contributed by atoms with E-state index in [0.29, 0.717) is 18.1 Å². The molecule has 0 saturated carbocycles. The van der Waals surface area contributed by atoms with Crippen molar-refractivity contribution in [1.82, 2.24) is 9.78 Å². The summed E-state index contributed by atoms with van der Waals surface area (Å²) in [5, 5.41) is 13.9. The first kappa shape index (κ1) is 15.8. The van der Waals surface area contributed by atoms with Crippen molar-refractivity contribution in [2.45, 2.75) is 19.9 Å². The molecule has 1 aromatic carbocycles. The molecule has 0 aliphatic rings. The summed E-state index contributed by atoms with van der Waals surface area (Å²) in [7, 11) is -3.64. The van der Waals surface area contributed by atoms with Gasteiger partial charge in [-0.2, -0.15) is 10.4 Å². The van der Waals surface area contributed by atoms with E-state index in [1.54, 1.807) is 13.0 Å². The van der Waals surface area contributed by atoms with Gasteiger partial charge in [0.2, 0.25) is 0 Å². The molecule has 0 unspecified atom stereocenters. The van der Waals surface area contributed by atoms with Crippen LogP contribution in [0.3, 0.4) is 0 Å². The Hall–Kier alpha value is -2.59. The number of benzene rings is 1. The van der Waals surface area contributed by atoms with E-state index < -0.39 is 10.0 Å². The van der Waals surface area contributed by atoms with Crippen LogP contribution in [0.5, 0.6) is 0 Å². The molecule has 0 amide bonds. The SMILES string of the molecule is Cc1cc(NS(=O)(=O)/C=C\c2ccccc2)n(CCC#N)n1. The fourth-order valence-corrected chi connectivity index (χ4v) is 2.73. The summed E-state index contributed by atoms with van der Waals surface area (Å²) in [5.74, 6) is 0.352. The van der Waals surface area contributed by atoms with Crippen LogP contribution in [0.15, 0.2) is 41.8 Å². The van der Waals surface area contributed by atoms with Gasteiger partial charge in [0.05, 0.1) is 30.1 Å². The van der Waals surface area contributed by atoms with E-state index in [4.69, 9.17) is 5.26 Å². The standard InChI is InChI=1S/C15H16N4O2S/c1-13-12-15(19(17-13)10-5-9-16)18-22(20,21)11-8-14-6-3-2-4-7-14/h2-4,6-8,11-12,18H,5,10H2,1H3/b11-8-. The first-order chi connectivity index (χ1) is 10.5. The minimum atomic E-state index is -3.64. The summed E-state index contributed by atoms with van der Waals surface area (Å²) in [6.07, 6.45) is 1.78. The fraction of sp³-hybridized carbons (Fsp3) is 0.200. The summed E-state index contributed by atoms with van der Waals surface area (Å²) in [4.78, 5) is 0.